The average molecular weight is 780 g/mol. The molecule has 14 nitrogen and oxygen atoms in total. The van der Waals surface area contributed by atoms with Crippen molar-refractivity contribution in [2.45, 2.75) is 64.4 Å². The van der Waals surface area contributed by atoms with Crippen LogP contribution in [-0.2, 0) is 54.8 Å². The molecule has 0 fully saturated rings. The fraction of sp³-hybridized carbons (Fsp3) is 0.302. The molecule has 3 atom stereocenters. The van der Waals surface area contributed by atoms with Crippen LogP contribution in [0, 0.1) is 5.92 Å². The third-order valence-electron chi connectivity index (χ3n) is 8.56. The number of hydrogen-bond donors (Lipinski definition) is 6. The van der Waals surface area contributed by atoms with Crippen LogP contribution in [0.3, 0.4) is 0 Å². The van der Waals surface area contributed by atoms with Gasteiger partial charge < -0.3 is 41.2 Å². The van der Waals surface area contributed by atoms with Crippen LogP contribution in [0.1, 0.15) is 42.5 Å². The summed E-state index contributed by atoms with van der Waals surface area (Å²) in [6, 6.07) is 31.2. The largest absolute Gasteiger partial charge is 0.489 e. The monoisotopic (exact) mass is 779 g/mol. The summed E-state index contributed by atoms with van der Waals surface area (Å²) in [7, 11) is 0. The second kappa shape index (κ2) is 22.6. The molecule has 0 aliphatic rings. The van der Waals surface area contributed by atoms with E-state index in [4.69, 9.17) is 9.47 Å². The normalized spacial score (nSPS) is 12.3. The maximum absolute atomic E-state index is 13.4. The number of hydrogen-bond acceptors (Lipinski definition) is 8. The van der Waals surface area contributed by atoms with E-state index in [-0.39, 0.29) is 31.8 Å². The Morgan fingerprint density at radius 3 is 1.61 bits per heavy atom. The minimum absolute atomic E-state index is 0.0131. The standard InChI is InChI=1S/C43H49N5O9/c1-29(2)22-37(42(53)54)47-41(52)36(23-30-12-6-3-7-13-30)46-39(50)26-44-38(49)25-45-40(51)35(48-43(55)57-28-33-16-10-5-11-17-33)24-31-18-20-34(21-19-31)56-27-32-14-8-4-9-15-32/h3-21,29,35-37H,22-28H2,1-2H3,(H,44,49)(H,45,51)(H,46,50)(H,47,52)(H,48,55)(H,53,54)/t35-,36-,37-/m0/s1. The molecule has 0 unspecified atom stereocenters. The molecule has 6 N–H and O–H groups in total. The van der Waals surface area contributed by atoms with Crippen molar-refractivity contribution in [2.75, 3.05) is 13.1 Å². The van der Waals surface area contributed by atoms with Crippen molar-refractivity contribution in [2.24, 2.45) is 5.92 Å². The van der Waals surface area contributed by atoms with Crippen molar-refractivity contribution in [1.29, 1.82) is 0 Å². The Morgan fingerprint density at radius 2 is 1.05 bits per heavy atom. The summed E-state index contributed by atoms with van der Waals surface area (Å²) in [6.07, 6.45) is -0.519. The van der Waals surface area contributed by atoms with Crippen molar-refractivity contribution < 1.29 is 43.3 Å². The van der Waals surface area contributed by atoms with Crippen molar-refractivity contribution in [3.8, 4) is 5.75 Å². The van der Waals surface area contributed by atoms with Crippen LogP contribution in [0.25, 0.3) is 0 Å². The first-order valence-electron chi connectivity index (χ1n) is 18.6. The molecule has 0 heterocycles. The molecule has 300 valence electrons. The van der Waals surface area contributed by atoms with Crippen LogP contribution in [0.4, 0.5) is 4.79 Å². The van der Waals surface area contributed by atoms with Gasteiger partial charge in [-0.1, -0.05) is 117 Å². The van der Waals surface area contributed by atoms with Gasteiger partial charge in [-0.15, -0.1) is 0 Å². The molecular weight excluding hydrogens is 730 g/mol. The molecule has 4 rings (SSSR count). The average Bonchev–Trinajstić information content (AvgIpc) is 3.21. The molecular formula is C43H49N5O9. The smallest absolute Gasteiger partial charge is 0.408 e. The maximum atomic E-state index is 13.4. The second-order valence-corrected chi connectivity index (χ2v) is 13.7. The summed E-state index contributed by atoms with van der Waals surface area (Å²) in [4.78, 5) is 76.9. The number of carboxylic acid groups (broad SMARTS) is 1. The van der Waals surface area contributed by atoms with E-state index in [1.807, 2.05) is 50.2 Å². The molecule has 14 heteroatoms. The molecule has 4 aromatic rings. The van der Waals surface area contributed by atoms with Gasteiger partial charge in [0, 0.05) is 12.8 Å². The van der Waals surface area contributed by atoms with Crippen LogP contribution in [0.15, 0.2) is 115 Å². The first kappa shape index (κ1) is 43.0. The molecule has 0 aliphatic carbocycles. The molecule has 5 amide bonds. The predicted octanol–water partition coefficient (Wildman–Crippen LogP) is 3.68. The van der Waals surface area contributed by atoms with Gasteiger partial charge in [0.15, 0.2) is 0 Å². The van der Waals surface area contributed by atoms with E-state index in [0.29, 0.717) is 17.9 Å². The molecule has 0 radical (unpaired) electrons. The van der Waals surface area contributed by atoms with Crippen molar-refractivity contribution in [1.82, 2.24) is 26.6 Å². The molecule has 0 bridgehead atoms. The lowest BCUT2D eigenvalue weighted by Crippen LogP contribution is -2.54. The van der Waals surface area contributed by atoms with Crippen LogP contribution >= 0.6 is 0 Å². The van der Waals surface area contributed by atoms with Gasteiger partial charge in [-0.2, -0.15) is 0 Å². The summed E-state index contributed by atoms with van der Waals surface area (Å²) >= 11 is 0. The zero-order chi connectivity index (χ0) is 41.0. The Balaban J connectivity index is 1.33. The van der Waals surface area contributed by atoms with Crippen LogP contribution in [0.2, 0.25) is 0 Å². The highest BCUT2D eigenvalue weighted by atomic mass is 16.5. The highest BCUT2D eigenvalue weighted by molar-refractivity contribution is 5.93. The number of carbonyl (C=O) groups is 6. The number of ether oxygens (including phenoxy) is 2. The van der Waals surface area contributed by atoms with Gasteiger partial charge in [-0.05, 0) is 46.7 Å². The lowest BCUT2D eigenvalue weighted by atomic mass is 10.0. The van der Waals surface area contributed by atoms with Gasteiger partial charge in [0.25, 0.3) is 0 Å². The van der Waals surface area contributed by atoms with Gasteiger partial charge >= 0.3 is 12.1 Å². The van der Waals surface area contributed by atoms with Gasteiger partial charge in [-0.3, -0.25) is 19.2 Å². The minimum Gasteiger partial charge on any atom is -0.489 e. The number of aliphatic carboxylic acids is 1. The second-order valence-electron chi connectivity index (χ2n) is 13.7. The quantitative estimate of drug-likeness (QED) is 0.0730. The van der Waals surface area contributed by atoms with E-state index in [0.717, 1.165) is 16.7 Å². The fourth-order valence-electron chi connectivity index (χ4n) is 5.62. The highest BCUT2D eigenvalue weighted by Crippen LogP contribution is 2.16. The lowest BCUT2D eigenvalue weighted by molar-refractivity contribution is -0.142. The fourth-order valence-corrected chi connectivity index (χ4v) is 5.62. The third-order valence-corrected chi connectivity index (χ3v) is 8.56. The van der Waals surface area contributed by atoms with E-state index in [1.165, 1.54) is 0 Å². The van der Waals surface area contributed by atoms with Crippen LogP contribution < -0.4 is 31.3 Å². The summed E-state index contributed by atoms with van der Waals surface area (Å²) in [5.74, 6) is -3.38. The Bertz CT molecular complexity index is 1910. The minimum atomic E-state index is -1.19. The van der Waals surface area contributed by atoms with Crippen LogP contribution in [0.5, 0.6) is 5.75 Å². The third kappa shape index (κ3) is 15.9. The first-order chi connectivity index (χ1) is 27.4. The van der Waals surface area contributed by atoms with Gasteiger partial charge in [0.1, 0.15) is 37.1 Å². The van der Waals surface area contributed by atoms with E-state index < -0.39 is 66.9 Å². The van der Waals surface area contributed by atoms with E-state index in [2.05, 4.69) is 26.6 Å². The van der Waals surface area contributed by atoms with Gasteiger partial charge in [0.2, 0.25) is 23.6 Å². The van der Waals surface area contributed by atoms with E-state index in [1.54, 1.807) is 78.9 Å². The van der Waals surface area contributed by atoms with Crippen molar-refractivity contribution >= 4 is 35.7 Å². The van der Waals surface area contributed by atoms with E-state index >= 15 is 0 Å². The Hall–Kier alpha value is -6.70. The molecule has 0 saturated carbocycles. The van der Waals surface area contributed by atoms with Gasteiger partial charge in [0.05, 0.1) is 13.1 Å². The zero-order valence-corrected chi connectivity index (χ0v) is 31.9. The Morgan fingerprint density at radius 1 is 0.544 bits per heavy atom. The summed E-state index contributed by atoms with van der Waals surface area (Å²) in [6.45, 7) is 2.95. The molecule has 0 saturated heterocycles. The Labute approximate surface area is 331 Å². The number of nitrogens with one attached hydrogen (secondary N) is 5. The number of carboxylic acids is 1. The van der Waals surface area contributed by atoms with Gasteiger partial charge in [-0.25, -0.2) is 9.59 Å². The number of carbonyl (C=O) groups excluding carboxylic acids is 5. The number of alkyl carbamates (subject to hydrolysis) is 1. The Kier molecular flexibility index (Phi) is 17.1. The first-order valence-corrected chi connectivity index (χ1v) is 18.6. The molecule has 0 aliphatic heterocycles. The molecule has 0 spiro atoms. The maximum Gasteiger partial charge on any atom is 0.408 e. The number of amides is 5. The zero-order valence-electron chi connectivity index (χ0n) is 31.9. The van der Waals surface area contributed by atoms with Crippen molar-refractivity contribution in [3.05, 3.63) is 138 Å². The SMILES string of the molecule is CC(C)C[C@H](NC(=O)[C@H](Cc1ccccc1)NC(=O)CNC(=O)CNC(=O)[C@H](Cc1ccc(OCc2ccccc2)cc1)NC(=O)OCc1ccccc1)C(=O)O. The topological polar surface area (TPSA) is 201 Å². The van der Waals surface area contributed by atoms with Crippen LogP contribution in [-0.4, -0.2) is 72.0 Å². The molecule has 0 aromatic heterocycles. The number of rotatable bonds is 21. The summed E-state index contributed by atoms with van der Waals surface area (Å²) < 4.78 is 11.2. The van der Waals surface area contributed by atoms with E-state index in [9.17, 15) is 33.9 Å². The predicted molar refractivity (Wildman–Crippen MR) is 212 cm³/mol. The molecule has 57 heavy (non-hydrogen) atoms. The highest BCUT2D eigenvalue weighted by Gasteiger charge is 2.28. The number of benzene rings is 4. The summed E-state index contributed by atoms with van der Waals surface area (Å²) in [5, 5.41) is 22.2. The molecule has 4 aromatic carbocycles. The summed E-state index contributed by atoms with van der Waals surface area (Å²) in [5.41, 5.74) is 3.17. The lowest BCUT2D eigenvalue weighted by Gasteiger charge is -2.22. The van der Waals surface area contributed by atoms with Crippen molar-refractivity contribution in [3.63, 3.8) is 0 Å².